The van der Waals surface area contributed by atoms with Crippen molar-refractivity contribution < 1.29 is 9.59 Å². The summed E-state index contributed by atoms with van der Waals surface area (Å²) >= 11 is 6.13. The van der Waals surface area contributed by atoms with Crippen LogP contribution in [0.15, 0.2) is 48.5 Å². The van der Waals surface area contributed by atoms with Crippen molar-refractivity contribution >= 4 is 40.0 Å². The van der Waals surface area contributed by atoms with Crippen molar-refractivity contribution in [2.24, 2.45) is 0 Å². The molecule has 0 radical (unpaired) electrons. The Labute approximate surface area is 192 Å². The van der Waals surface area contributed by atoms with Crippen LogP contribution in [0.3, 0.4) is 0 Å². The molecule has 1 fully saturated rings. The Balaban J connectivity index is 1.26. The molecule has 0 bridgehead atoms. The van der Waals surface area contributed by atoms with Crippen molar-refractivity contribution in [3.8, 4) is 0 Å². The molecule has 1 aliphatic heterocycles. The summed E-state index contributed by atoms with van der Waals surface area (Å²) in [7, 11) is 0. The number of aryl methyl sites for hydroxylation is 1. The third kappa shape index (κ3) is 4.08. The molecule has 1 aliphatic carbocycles. The van der Waals surface area contributed by atoms with Crippen molar-refractivity contribution in [1.82, 2.24) is 14.8 Å². The van der Waals surface area contributed by atoms with Crippen LogP contribution in [0.1, 0.15) is 28.0 Å². The molecule has 0 spiro atoms. The third-order valence-electron chi connectivity index (χ3n) is 6.31. The second-order valence-corrected chi connectivity index (χ2v) is 8.79. The van der Waals surface area contributed by atoms with Crippen LogP contribution in [0.4, 0.5) is 5.69 Å². The lowest BCUT2D eigenvalue weighted by molar-refractivity contribution is -0.117. The quantitative estimate of drug-likeness (QED) is 0.659. The molecule has 2 aromatic carbocycles. The number of rotatable bonds is 4. The maximum absolute atomic E-state index is 13.6. The summed E-state index contributed by atoms with van der Waals surface area (Å²) in [4.78, 5) is 34.8. The average molecular weight is 449 g/mol. The Morgan fingerprint density at radius 1 is 0.969 bits per heavy atom. The first-order valence-corrected chi connectivity index (χ1v) is 11.4. The SMILES string of the molecule is O=C(CN1CCN(C(=O)c2c3c(nc4ccccc24)CCC3)CC1)Nc1ccccc1Cl. The zero-order valence-electron chi connectivity index (χ0n) is 17.8. The van der Waals surface area contributed by atoms with Crippen molar-refractivity contribution in [3.05, 3.63) is 70.4 Å². The Bertz CT molecular complexity index is 1190. The first-order valence-electron chi connectivity index (χ1n) is 11.1. The van der Waals surface area contributed by atoms with E-state index in [-0.39, 0.29) is 18.4 Å². The standard InChI is InChI=1S/C25H25ClN4O2/c26-19-8-2-4-10-22(19)28-23(31)16-29-12-14-30(15-13-29)25(32)24-17-6-1-3-9-20(17)27-21-11-5-7-18(21)24/h1-4,6,8-10H,5,7,11-16H2,(H,28,31). The van der Waals surface area contributed by atoms with Crippen molar-refractivity contribution in [1.29, 1.82) is 0 Å². The van der Waals surface area contributed by atoms with E-state index in [9.17, 15) is 9.59 Å². The highest BCUT2D eigenvalue weighted by molar-refractivity contribution is 6.33. The minimum Gasteiger partial charge on any atom is -0.336 e. The van der Waals surface area contributed by atoms with Crippen molar-refractivity contribution in [3.63, 3.8) is 0 Å². The maximum atomic E-state index is 13.6. The summed E-state index contributed by atoms with van der Waals surface area (Å²) in [6.07, 6.45) is 2.90. The summed E-state index contributed by atoms with van der Waals surface area (Å²) in [6.45, 7) is 2.80. The van der Waals surface area contributed by atoms with Gasteiger partial charge in [0, 0.05) is 37.3 Å². The van der Waals surface area contributed by atoms with Crippen LogP contribution >= 0.6 is 11.6 Å². The number of para-hydroxylation sites is 2. The van der Waals surface area contributed by atoms with E-state index in [0.717, 1.165) is 47.0 Å². The summed E-state index contributed by atoms with van der Waals surface area (Å²) in [5, 5.41) is 4.33. The van der Waals surface area contributed by atoms with Crippen molar-refractivity contribution in [2.45, 2.75) is 19.3 Å². The smallest absolute Gasteiger partial charge is 0.254 e. The molecule has 2 heterocycles. The van der Waals surface area contributed by atoms with Gasteiger partial charge in [0.2, 0.25) is 5.91 Å². The maximum Gasteiger partial charge on any atom is 0.254 e. The minimum atomic E-state index is -0.101. The fourth-order valence-electron chi connectivity index (χ4n) is 4.68. The van der Waals surface area contributed by atoms with Gasteiger partial charge < -0.3 is 10.2 Å². The number of amides is 2. The number of piperazine rings is 1. The number of pyridine rings is 1. The highest BCUT2D eigenvalue weighted by Crippen LogP contribution is 2.31. The number of aromatic nitrogens is 1. The van der Waals surface area contributed by atoms with Gasteiger partial charge in [0.05, 0.1) is 28.3 Å². The largest absolute Gasteiger partial charge is 0.336 e. The molecule has 32 heavy (non-hydrogen) atoms. The van der Waals surface area contributed by atoms with Crippen LogP contribution in [0.2, 0.25) is 5.02 Å². The number of benzene rings is 2. The van der Waals surface area contributed by atoms with Crippen LogP contribution < -0.4 is 5.32 Å². The van der Waals surface area contributed by atoms with E-state index in [1.54, 1.807) is 12.1 Å². The van der Waals surface area contributed by atoms with Gasteiger partial charge in [0.25, 0.3) is 5.91 Å². The normalized spacial score (nSPS) is 16.2. The van der Waals surface area contributed by atoms with Gasteiger partial charge in [-0.05, 0) is 43.0 Å². The number of carbonyl (C=O) groups excluding carboxylic acids is 2. The predicted octanol–water partition coefficient (Wildman–Crippen LogP) is 3.77. The summed E-state index contributed by atoms with van der Waals surface area (Å²) in [5.74, 6) is -0.0160. The van der Waals surface area contributed by atoms with E-state index in [4.69, 9.17) is 16.6 Å². The lowest BCUT2D eigenvalue weighted by Crippen LogP contribution is -2.50. The molecular weight excluding hydrogens is 424 g/mol. The van der Waals surface area contributed by atoms with Gasteiger partial charge in [-0.1, -0.05) is 41.9 Å². The zero-order chi connectivity index (χ0) is 22.1. The van der Waals surface area contributed by atoms with Crippen LogP contribution in [-0.2, 0) is 17.6 Å². The summed E-state index contributed by atoms with van der Waals surface area (Å²) < 4.78 is 0. The molecule has 1 saturated heterocycles. The molecular formula is C25H25ClN4O2. The zero-order valence-corrected chi connectivity index (χ0v) is 18.6. The first kappa shape index (κ1) is 20.9. The van der Waals surface area contributed by atoms with E-state index in [2.05, 4.69) is 10.2 Å². The van der Waals surface area contributed by atoms with Crippen LogP contribution in [-0.4, -0.2) is 59.3 Å². The number of nitrogens with zero attached hydrogens (tertiary/aromatic N) is 3. The van der Waals surface area contributed by atoms with Crippen LogP contribution in [0.5, 0.6) is 0 Å². The van der Waals surface area contributed by atoms with Gasteiger partial charge in [0.15, 0.2) is 0 Å². The van der Waals surface area contributed by atoms with Gasteiger partial charge in [-0.25, -0.2) is 0 Å². The number of halogens is 1. The average Bonchev–Trinajstić information content (AvgIpc) is 3.27. The van der Waals surface area contributed by atoms with E-state index in [1.165, 1.54) is 0 Å². The Hall–Kier alpha value is -2.96. The monoisotopic (exact) mass is 448 g/mol. The number of fused-ring (bicyclic) bond motifs is 2. The lowest BCUT2D eigenvalue weighted by Gasteiger charge is -2.34. The molecule has 0 saturated carbocycles. The summed E-state index contributed by atoms with van der Waals surface area (Å²) in [6, 6.07) is 15.1. The fraction of sp³-hybridized carbons (Fsp3) is 0.320. The van der Waals surface area contributed by atoms with Crippen LogP contribution in [0.25, 0.3) is 10.9 Å². The lowest BCUT2D eigenvalue weighted by atomic mass is 9.99. The molecule has 0 atom stereocenters. The highest BCUT2D eigenvalue weighted by atomic mass is 35.5. The third-order valence-corrected chi connectivity index (χ3v) is 6.64. The van der Waals surface area contributed by atoms with Gasteiger partial charge in [-0.2, -0.15) is 0 Å². The number of hydrogen-bond donors (Lipinski definition) is 1. The van der Waals surface area contributed by atoms with E-state index in [0.29, 0.717) is 36.9 Å². The van der Waals surface area contributed by atoms with Gasteiger partial charge in [-0.15, -0.1) is 0 Å². The summed E-state index contributed by atoms with van der Waals surface area (Å²) in [5.41, 5.74) is 4.53. The minimum absolute atomic E-state index is 0.0851. The molecule has 5 rings (SSSR count). The van der Waals surface area contributed by atoms with E-state index in [1.807, 2.05) is 41.3 Å². The predicted molar refractivity (Wildman–Crippen MR) is 126 cm³/mol. The molecule has 2 aliphatic rings. The van der Waals surface area contributed by atoms with E-state index < -0.39 is 0 Å². The molecule has 2 amide bonds. The van der Waals surface area contributed by atoms with Crippen molar-refractivity contribution in [2.75, 3.05) is 38.0 Å². The van der Waals surface area contributed by atoms with Gasteiger partial charge >= 0.3 is 0 Å². The highest BCUT2D eigenvalue weighted by Gasteiger charge is 2.29. The van der Waals surface area contributed by atoms with Gasteiger partial charge in [-0.3, -0.25) is 19.5 Å². The number of nitrogens with one attached hydrogen (secondary N) is 1. The Morgan fingerprint density at radius 3 is 2.53 bits per heavy atom. The molecule has 1 N–H and O–H groups in total. The first-order chi connectivity index (χ1) is 15.6. The number of carbonyl (C=O) groups is 2. The molecule has 1 aromatic heterocycles. The Morgan fingerprint density at radius 2 is 1.72 bits per heavy atom. The molecule has 7 heteroatoms. The molecule has 6 nitrogen and oxygen atoms in total. The number of anilines is 1. The van der Waals surface area contributed by atoms with Gasteiger partial charge in [0.1, 0.15) is 0 Å². The fourth-order valence-corrected chi connectivity index (χ4v) is 4.86. The molecule has 164 valence electrons. The second kappa shape index (κ2) is 8.88. The Kier molecular flexibility index (Phi) is 5.81. The topological polar surface area (TPSA) is 65.5 Å². The van der Waals surface area contributed by atoms with E-state index >= 15 is 0 Å². The molecule has 0 unspecified atom stereocenters. The van der Waals surface area contributed by atoms with Crippen LogP contribution in [0, 0.1) is 0 Å². The molecule has 3 aromatic rings. The number of hydrogen-bond acceptors (Lipinski definition) is 4. The second-order valence-electron chi connectivity index (χ2n) is 8.38.